The Kier molecular flexibility index (Phi) is 4.44. The van der Waals surface area contributed by atoms with E-state index in [1.807, 2.05) is 25.3 Å². The molecule has 0 atom stereocenters. The lowest BCUT2D eigenvalue weighted by molar-refractivity contribution is 0.567. The summed E-state index contributed by atoms with van der Waals surface area (Å²) in [6, 6.07) is 5.49. The smallest absolute Gasteiger partial charge is 0.258 e. The molecule has 0 radical (unpaired) electrons. The number of aryl methyl sites for hydroxylation is 1. The molecule has 1 aliphatic heterocycles. The van der Waals surface area contributed by atoms with Crippen molar-refractivity contribution in [2.45, 2.75) is 19.8 Å². The molecule has 148 valence electrons. The van der Waals surface area contributed by atoms with Crippen molar-refractivity contribution < 1.29 is 0 Å². The molecule has 5 rings (SSSR count). The van der Waals surface area contributed by atoms with Gasteiger partial charge in [0.05, 0.1) is 11.4 Å². The van der Waals surface area contributed by atoms with Gasteiger partial charge in [0.1, 0.15) is 11.5 Å². The predicted molar refractivity (Wildman–Crippen MR) is 110 cm³/mol. The van der Waals surface area contributed by atoms with Crippen molar-refractivity contribution in [2.24, 2.45) is 0 Å². The van der Waals surface area contributed by atoms with Crippen molar-refractivity contribution in [1.82, 2.24) is 34.3 Å². The van der Waals surface area contributed by atoms with Crippen LogP contribution in [0.1, 0.15) is 18.7 Å². The van der Waals surface area contributed by atoms with E-state index in [4.69, 9.17) is 0 Å². The highest BCUT2D eigenvalue weighted by Gasteiger charge is 2.12. The highest BCUT2D eigenvalue weighted by molar-refractivity contribution is 5.62. The Morgan fingerprint density at radius 1 is 1.07 bits per heavy atom. The maximum Gasteiger partial charge on any atom is 0.258 e. The van der Waals surface area contributed by atoms with Gasteiger partial charge in [-0.3, -0.25) is 9.20 Å². The van der Waals surface area contributed by atoms with Crippen LogP contribution in [-0.2, 0) is 0 Å². The van der Waals surface area contributed by atoms with Crippen LogP contribution < -0.4 is 15.8 Å². The number of rotatable bonds is 2. The molecular weight excluding hydrogens is 368 g/mol. The number of hydrogen-bond donors (Lipinski definition) is 1. The summed E-state index contributed by atoms with van der Waals surface area (Å²) < 4.78 is 3.22. The third-order valence-corrected chi connectivity index (χ3v) is 5.17. The van der Waals surface area contributed by atoms with Gasteiger partial charge >= 0.3 is 0 Å². The Balaban J connectivity index is 1.53. The van der Waals surface area contributed by atoms with Crippen molar-refractivity contribution in [1.29, 1.82) is 0 Å². The normalized spacial score (nSPS) is 15.6. The number of fused-ring (bicyclic) bond motifs is 2. The molecule has 0 unspecified atom stereocenters. The van der Waals surface area contributed by atoms with Gasteiger partial charge in [0, 0.05) is 43.3 Å². The van der Waals surface area contributed by atoms with E-state index in [0.717, 1.165) is 50.3 Å². The fourth-order valence-corrected chi connectivity index (χ4v) is 3.73. The van der Waals surface area contributed by atoms with Crippen LogP contribution in [0.25, 0.3) is 22.7 Å². The van der Waals surface area contributed by atoms with Crippen molar-refractivity contribution >= 4 is 17.1 Å². The quantitative estimate of drug-likeness (QED) is 0.551. The monoisotopic (exact) mass is 390 g/mol. The Labute approximate surface area is 167 Å². The highest BCUT2D eigenvalue weighted by atomic mass is 16.1. The Hall–Kier alpha value is -3.33. The number of pyridine rings is 1. The first-order valence-electron chi connectivity index (χ1n) is 9.86. The molecule has 0 saturated carbocycles. The summed E-state index contributed by atoms with van der Waals surface area (Å²) in [6.07, 6.45) is 7.53. The van der Waals surface area contributed by atoms with E-state index >= 15 is 0 Å². The Bertz CT molecular complexity index is 1240. The van der Waals surface area contributed by atoms with Gasteiger partial charge in [0.2, 0.25) is 0 Å². The highest BCUT2D eigenvalue weighted by Crippen LogP contribution is 2.19. The van der Waals surface area contributed by atoms with Gasteiger partial charge in [-0.25, -0.2) is 14.5 Å². The van der Waals surface area contributed by atoms with Crippen LogP contribution in [0.5, 0.6) is 0 Å². The van der Waals surface area contributed by atoms with Gasteiger partial charge in [0.15, 0.2) is 0 Å². The van der Waals surface area contributed by atoms with Crippen LogP contribution in [0.2, 0.25) is 0 Å². The number of hydrogen-bond acceptors (Lipinski definition) is 7. The first kappa shape index (κ1) is 17.7. The summed E-state index contributed by atoms with van der Waals surface area (Å²) in [6.45, 7) is 5.82. The standard InChI is InChI=1S/C20H22N8O/c1-14-23-20-22-11-15(12-28(20)25-14)17-10-19(29)27-13-16(4-5-18(27)24-17)26-8-2-6-21-7-3-9-26/h4-5,10-13,21H,2-3,6-9H2,1H3. The van der Waals surface area contributed by atoms with Crippen molar-refractivity contribution in [3.63, 3.8) is 0 Å². The average Bonchev–Trinajstić information content (AvgIpc) is 3.07. The summed E-state index contributed by atoms with van der Waals surface area (Å²) in [5.41, 5.74) is 2.84. The van der Waals surface area contributed by atoms with Crippen LogP contribution in [0.4, 0.5) is 5.69 Å². The van der Waals surface area contributed by atoms with Gasteiger partial charge in [-0.2, -0.15) is 10.1 Å². The maximum atomic E-state index is 12.8. The van der Waals surface area contributed by atoms with Crippen molar-refractivity contribution in [3.05, 3.63) is 53.0 Å². The lowest BCUT2D eigenvalue weighted by atomic mass is 10.2. The summed E-state index contributed by atoms with van der Waals surface area (Å²) in [5, 5.41) is 7.71. The van der Waals surface area contributed by atoms with Crippen molar-refractivity contribution in [2.75, 3.05) is 31.1 Å². The molecule has 1 saturated heterocycles. The van der Waals surface area contributed by atoms with Gasteiger partial charge in [0.25, 0.3) is 11.3 Å². The van der Waals surface area contributed by atoms with Crippen LogP contribution in [-0.4, -0.2) is 55.1 Å². The Morgan fingerprint density at radius 3 is 2.72 bits per heavy atom. The van der Waals surface area contributed by atoms with Crippen LogP contribution in [0, 0.1) is 6.92 Å². The number of aromatic nitrogens is 6. The summed E-state index contributed by atoms with van der Waals surface area (Å²) in [7, 11) is 0. The third kappa shape index (κ3) is 3.44. The second-order valence-corrected chi connectivity index (χ2v) is 7.29. The number of anilines is 1. The third-order valence-electron chi connectivity index (χ3n) is 5.17. The van der Waals surface area contributed by atoms with Gasteiger partial charge in [-0.05, 0) is 45.0 Å². The Morgan fingerprint density at radius 2 is 1.90 bits per heavy atom. The summed E-state index contributed by atoms with van der Waals surface area (Å²) in [5.74, 6) is 1.17. The second kappa shape index (κ2) is 7.25. The van der Waals surface area contributed by atoms with Crippen molar-refractivity contribution in [3.8, 4) is 11.3 Å². The van der Waals surface area contributed by atoms with Gasteiger partial charge < -0.3 is 10.2 Å². The number of nitrogens with zero attached hydrogens (tertiary/aromatic N) is 7. The SMILES string of the molecule is Cc1nc2ncc(-c3cc(=O)n4cc(N5CCCNCCC5)ccc4n3)cn2n1. The topological polar surface area (TPSA) is 92.7 Å². The van der Waals surface area contributed by atoms with Crippen LogP contribution in [0.15, 0.2) is 41.6 Å². The molecule has 29 heavy (non-hydrogen) atoms. The first-order valence-corrected chi connectivity index (χ1v) is 9.86. The van der Waals surface area contributed by atoms with E-state index in [0.29, 0.717) is 22.9 Å². The molecular formula is C20H22N8O. The first-order chi connectivity index (χ1) is 14.2. The molecule has 9 nitrogen and oxygen atoms in total. The zero-order chi connectivity index (χ0) is 19.8. The molecule has 1 fully saturated rings. The molecule has 9 heteroatoms. The average molecular weight is 390 g/mol. The van der Waals surface area contributed by atoms with E-state index in [1.54, 1.807) is 27.4 Å². The van der Waals surface area contributed by atoms with E-state index in [9.17, 15) is 4.79 Å². The van der Waals surface area contributed by atoms with E-state index in [2.05, 4.69) is 30.3 Å². The molecule has 1 N–H and O–H groups in total. The summed E-state index contributed by atoms with van der Waals surface area (Å²) >= 11 is 0. The van der Waals surface area contributed by atoms with E-state index in [-0.39, 0.29) is 5.56 Å². The largest absolute Gasteiger partial charge is 0.370 e. The lowest BCUT2D eigenvalue weighted by Crippen LogP contribution is -2.34. The minimum atomic E-state index is -0.115. The van der Waals surface area contributed by atoms with Crippen LogP contribution >= 0.6 is 0 Å². The molecule has 4 aromatic rings. The fraction of sp³-hybridized carbons (Fsp3) is 0.350. The zero-order valence-corrected chi connectivity index (χ0v) is 16.2. The molecule has 5 heterocycles. The molecule has 0 spiro atoms. The molecule has 1 aliphatic rings. The minimum absolute atomic E-state index is 0.115. The minimum Gasteiger partial charge on any atom is -0.370 e. The van der Waals surface area contributed by atoms with E-state index < -0.39 is 0 Å². The molecule has 0 aromatic carbocycles. The summed E-state index contributed by atoms with van der Waals surface area (Å²) in [4.78, 5) is 28.4. The molecule has 0 amide bonds. The van der Waals surface area contributed by atoms with Gasteiger partial charge in [-0.1, -0.05) is 0 Å². The zero-order valence-electron chi connectivity index (χ0n) is 16.2. The number of nitrogens with one attached hydrogen (secondary N) is 1. The predicted octanol–water partition coefficient (Wildman–Crippen LogP) is 1.30. The maximum absolute atomic E-state index is 12.8. The van der Waals surface area contributed by atoms with Gasteiger partial charge in [-0.15, -0.1) is 0 Å². The van der Waals surface area contributed by atoms with Crippen LogP contribution in [0.3, 0.4) is 0 Å². The molecule has 0 bridgehead atoms. The van der Waals surface area contributed by atoms with E-state index in [1.165, 1.54) is 0 Å². The fourth-order valence-electron chi connectivity index (χ4n) is 3.73. The molecule has 0 aliphatic carbocycles. The lowest BCUT2D eigenvalue weighted by Gasteiger charge is -2.27. The molecule has 4 aromatic heterocycles. The second-order valence-electron chi connectivity index (χ2n) is 7.29.